The predicted octanol–water partition coefficient (Wildman–Crippen LogP) is 3.28. The molecule has 0 bridgehead atoms. The van der Waals surface area contributed by atoms with Crippen LogP contribution < -0.4 is 15.0 Å². The third-order valence-corrected chi connectivity index (χ3v) is 4.44. The topological polar surface area (TPSA) is 67.3 Å². The number of piperidine rings is 1. The van der Waals surface area contributed by atoms with Crippen LogP contribution in [0.3, 0.4) is 0 Å². The van der Waals surface area contributed by atoms with E-state index in [1.807, 2.05) is 25.1 Å². The standard InChI is InChI=1S/C19H24N4O2/c1-13-6-7-17(25-3)16(9-13)22-18(24)15-10-20-19(21-11-15)23-8-4-5-14(2)12-23/h6-7,9-11,14H,4-5,8,12H2,1-3H3,(H,22,24). The van der Waals surface area contributed by atoms with Gasteiger partial charge in [-0.3, -0.25) is 4.79 Å². The highest BCUT2D eigenvalue weighted by Gasteiger charge is 2.19. The summed E-state index contributed by atoms with van der Waals surface area (Å²) in [6, 6.07) is 5.65. The van der Waals surface area contributed by atoms with Gasteiger partial charge in [0, 0.05) is 25.5 Å². The molecule has 25 heavy (non-hydrogen) atoms. The van der Waals surface area contributed by atoms with Crippen LogP contribution in [0, 0.1) is 12.8 Å². The zero-order valence-electron chi connectivity index (χ0n) is 15.0. The molecule has 1 aromatic carbocycles. The fourth-order valence-corrected chi connectivity index (χ4v) is 3.09. The molecule has 1 fully saturated rings. The maximum atomic E-state index is 12.5. The minimum absolute atomic E-state index is 0.248. The second-order valence-corrected chi connectivity index (χ2v) is 6.62. The molecule has 2 heterocycles. The van der Waals surface area contributed by atoms with E-state index in [1.54, 1.807) is 19.5 Å². The maximum Gasteiger partial charge on any atom is 0.258 e. The molecule has 0 radical (unpaired) electrons. The number of aromatic nitrogens is 2. The van der Waals surface area contributed by atoms with Crippen LogP contribution >= 0.6 is 0 Å². The van der Waals surface area contributed by atoms with Crippen molar-refractivity contribution < 1.29 is 9.53 Å². The molecule has 1 aliphatic rings. The summed E-state index contributed by atoms with van der Waals surface area (Å²) >= 11 is 0. The summed E-state index contributed by atoms with van der Waals surface area (Å²) in [5.41, 5.74) is 2.11. The fraction of sp³-hybridized carbons (Fsp3) is 0.421. The van der Waals surface area contributed by atoms with E-state index in [-0.39, 0.29) is 5.91 Å². The van der Waals surface area contributed by atoms with Gasteiger partial charge >= 0.3 is 0 Å². The molecule has 1 unspecified atom stereocenters. The van der Waals surface area contributed by atoms with Gasteiger partial charge < -0.3 is 15.0 Å². The zero-order chi connectivity index (χ0) is 17.8. The Labute approximate surface area is 148 Å². The lowest BCUT2D eigenvalue weighted by Crippen LogP contribution is -2.35. The summed E-state index contributed by atoms with van der Waals surface area (Å²) in [5.74, 6) is 1.71. The van der Waals surface area contributed by atoms with Crippen LogP contribution in [0.1, 0.15) is 35.7 Å². The molecule has 6 heteroatoms. The van der Waals surface area contributed by atoms with Crippen molar-refractivity contribution in [1.29, 1.82) is 0 Å². The van der Waals surface area contributed by atoms with Crippen LogP contribution in [-0.4, -0.2) is 36.1 Å². The predicted molar refractivity (Wildman–Crippen MR) is 98.3 cm³/mol. The van der Waals surface area contributed by atoms with Crippen LogP contribution in [0.5, 0.6) is 5.75 Å². The van der Waals surface area contributed by atoms with E-state index in [4.69, 9.17) is 4.74 Å². The van der Waals surface area contributed by atoms with Gasteiger partial charge in [-0.05, 0) is 43.4 Å². The van der Waals surface area contributed by atoms with Crippen LogP contribution in [0.25, 0.3) is 0 Å². The molecule has 1 aliphatic heterocycles. The number of amides is 1. The molecular weight excluding hydrogens is 316 g/mol. The molecule has 0 aliphatic carbocycles. The Morgan fingerprint density at radius 2 is 2.08 bits per heavy atom. The average Bonchev–Trinajstić information content (AvgIpc) is 2.62. The molecule has 6 nitrogen and oxygen atoms in total. The number of hydrogen-bond acceptors (Lipinski definition) is 5. The lowest BCUT2D eigenvalue weighted by Gasteiger charge is -2.30. The minimum atomic E-state index is -0.248. The molecule has 1 aromatic heterocycles. The Kier molecular flexibility index (Phi) is 5.16. The van der Waals surface area contributed by atoms with E-state index < -0.39 is 0 Å². The van der Waals surface area contributed by atoms with Gasteiger partial charge in [-0.25, -0.2) is 9.97 Å². The first-order chi connectivity index (χ1) is 12.1. The van der Waals surface area contributed by atoms with Gasteiger partial charge in [-0.2, -0.15) is 0 Å². The van der Waals surface area contributed by atoms with Gasteiger partial charge in [0.2, 0.25) is 5.95 Å². The molecule has 1 N–H and O–H groups in total. The molecule has 2 aromatic rings. The van der Waals surface area contributed by atoms with Gasteiger partial charge in [0.25, 0.3) is 5.91 Å². The van der Waals surface area contributed by atoms with Crippen LogP contribution in [-0.2, 0) is 0 Å². The van der Waals surface area contributed by atoms with Gasteiger partial charge in [-0.15, -0.1) is 0 Å². The van der Waals surface area contributed by atoms with Crippen molar-refractivity contribution in [2.75, 3.05) is 30.4 Å². The van der Waals surface area contributed by atoms with Crippen molar-refractivity contribution >= 4 is 17.5 Å². The van der Waals surface area contributed by atoms with E-state index in [1.165, 1.54) is 6.42 Å². The quantitative estimate of drug-likeness (QED) is 0.925. The summed E-state index contributed by atoms with van der Waals surface area (Å²) in [4.78, 5) is 23.4. The Balaban J connectivity index is 1.72. The fourth-order valence-electron chi connectivity index (χ4n) is 3.09. The number of carbonyl (C=O) groups excluding carboxylic acids is 1. The van der Waals surface area contributed by atoms with E-state index in [0.29, 0.717) is 28.9 Å². The second-order valence-electron chi connectivity index (χ2n) is 6.62. The number of benzene rings is 1. The van der Waals surface area contributed by atoms with Crippen molar-refractivity contribution in [3.05, 3.63) is 41.7 Å². The lowest BCUT2D eigenvalue weighted by atomic mass is 10.0. The molecule has 0 spiro atoms. The number of anilines is 2. The number of nitrogens with zero attached hydrogens (tertiary/aromatic N) is 3. The summed E-state index contributed by atoms with van der Waals surface area (Å²) in [6.07, 6.45) is 5.56. The Bertz CT molecular complexity index is 746. The third kappa shape index (κ3) is 4.07. The van der Waals surface area contributed by atoms with Crippen molar-refractivity contribution in [3.8, 4) is 5.75 Å². The number of nitrogens with one attached hydrogen (secondary N) is 1. The van der Waals surface area contributed by atoms with Gasteiger partial charge in [0.05, 0.1) is 18.4 Å². The van der Waals surface area contributed by atoms with Gasteiger partial charge in [0.1, 0.15) is 5.75 Å². The van der Waals surface area contributed by atoms with Crippen LogP contribution in [0.2, 0.25) is 0 Å². The molecule has 1 saturated heterocycles. The molecule has 1 amide bonds. The highest BCUT2D eigenvalue weighted by Crippen LogP contribution is 2.26. The van der Waals surface area contributed by atoms with Crippen LogP contribution in [0.15, 0.2) is 30.6 Å². The number of ether oxygens (including phenoxy) is 1. The van der Waals surface area contributed by atoms with E-state index >= 15 is 0 Å². The lowest BCUT2D eigenvalue weighted by molar-refractivity contribution is 0.102. The minimum Gasteiger partial charge on any atom is -0.495 e. The number of methoxy groups -OCH3 is 1. The largest absolute Gasteiger partial charge is 0.495 e. The Morgan fingerprint density at radius 1 is 1.32 bits per heavy atom. The Hall–Kier alpha value is -2.63. The second kappa shape index (κ2) is 7.51. The first-order valence-corrected chi connectivity index (χ1v) is 8.60. The van der Waals surface area contributed by atoms with Crippen molar-refractivity contribution in [3.63, 3.8) is 0 Å². The average molecular weight is 340 g/mol. The SMILES string of the molecule is COc1ccc(C)cc1NC(=O)c1cnc(N2CCCC(C)C2)nc1. The van der Waals surface area contributed by atoms with E-state index in [0.717, 1.165) is 25.1 Å². The molecule has 132 valence electrons. The van der Waals surface area contributed by atoms with Gasteiger partial charge in [0.15, 0.2) is 0 Å². The zero-order valence-corrected chi connectivity index (χ0v) is 15.0. The highest BCUT2D eigenvalue weighted by molar-refractivity contribution is 6.04. The van der Waals surface area contributed by atoms with E-state index in [2.05, 4.69) is 27.1 Å². The highest BCUT2D eigenvalue weighted by atomic mass is 16.5. The number of carbonyl (C=O) groups is 1. The third-order valence-electron chi connectivity index (χ3n) is 4.44. The molecule has 3 rings (SSSR count). The van der Waals surface area contributed by atoms with E-state index in [9.17, 15) is 4.79 Å². The summed E-state index contributed by atoms with van der Waals surface area (Å²) in [7, 11) is 1.58. The normalized spacial score (nSPS) is 17.2. The van der Waals surface area contributed by atoms with Crippen molar-refractivity contribution in [2.45, 2.75) is 26.7 Å². The molecule has 1 atom stereocenters. The maximum absolute atomic E-state index is 12.5. The first-order valence-electron chi connectivity index (χ1n) is 8.60. The first kappa shape index (κ1) is 17.2. The molecule has 0 saturated carbocycles. The van der Waals surface area contributed by atoms with Crippen molar-refractivity contribution in [1.82, 2.24) is 9.97 Å². The van der Waals surface area contributed by atoms with Crippen molar-refractivity contribution in [2.24, 2.45) is 5.92 Å². The smallest absolute Gasteiger partial charge is 0.258 e. The summed E-state index contributed by atoms with van der Waals surface area (Å²) in [5, 5.41) is 2.87. The molecular formula is C19H24N4O2. The number of hydrogen-bond donors (Lipinski definition) is 1. The summed E-state index contributed by atoms with van der Waals surface area (Å²) < 4.78 is 5.29. The van der Waals surface area contributed by atoms with Gasteiger partial charge in [-0.1, -0.05) is 13.0 Å². The number of aryl methyl sites for hydroxylation is 1. The monoisotopic (exact) mass is 340 g/mol. The van der Waals surface area contributed by atoms with Crippen LogP contribution in [0.4, 0.5) is 11.6 Å². The Morgan fingerprint density at radius 3 is 2.76 bits per heavy atom. The summed E-state index contributed by atoms with van der Waals surface area (Å²) in [6.45, 7) is 6.14. The number of rotatable bonds is 4.